The fourth-order valence-electron chi connectivity index (χ4n) is 3.66. The van der Waals surface area contributed by atoms with Gasteiger partial charge in [-0.1, -0.05) is 80.9 Å². The maximum atomic E-state index is 6.02. The molecule has 3 nitrogen and oxygen atoms in total. The van der Waals surface area contributed by atoms with E-state index in [1.54, 1.807) is 0 Å². The summed E-state index contributed by atoms with van der Waals surface area (Å²) < 4.78 is 6.02. The predicted octanol–water partition coefficient (Wildman–Crippen LogP) is 6.28. The molecule has 3 N–H and O–H groups in total. The number of hydrogen-bond donors (Lipinski definition) is 2. The molecule has 0 fully saturated rings. The molecular weight excluding hydrogens is 368 g/mol. The second kappa shape index (κ2) is 11.4. The number of nitrogens with two attached hydrogens (primary N) is 1. The van der Waals surface area contributed by atoms with Crippen molar-refractivity contribution in [2.75, 3.05) is 18.4 Å². The van der Waals surface area contributed by atoms with Gasteiger partial charge in [-0.3, -0.25) is 0 Å². The molecule has 4 rings (SSSR count). The first kappa shape index (κ1) is 21.9. The Hall–Kier alpha value is -2.78. The first-order chi connectivity index (χ1) is 14.7. The van der Waals surface area contributed by atoms with E-state index >= 15 is 0 Å². The molecule has 30 heavy (non-hydrogen) atoms. The van der Waals surface area contributed by atoms with E-state index in [4.69, 9.17) is 10.5 Å². The Labute approximate surface area is 181 Å². The molecular formula is C27H34N2O. The number of rotatable bonds is 6. The van der Waals surface area contributed by atoms with Crippen LogP contribution in [0.2, 0.25) is 0 Å². The summed E-state index contributed by atoms with van der Waals surface area (Å²) >= 11 is 0. The van der Waals surface area contributed by atoms with Gasteiger partial charge in [0.15, 0.2) is 0 Å². The predicted molar refractivity (Wildman–Crippen MR) is 128 cm³/mol. The zero-order valence-corrected chi connectivity index (χ0v) is 18.2. The monoisotopic (exact) mass is 402 g/mol. The van der Waals surface area contributed by atoms with Gasteiger partial charge in [0.2, 0.25) is 0 Å². The summed E-state index contributed by atoms with van der Waals surface area (Å²) in [5, 5.41) is 3.53. The van der Waals surface area contributed by atoms with Crippen molar-refractivity contribution in [2.45, 2.75) is 39.7 Å². The minimum atomic E-state index is 0.573. The smallest absolute Gasteiger partial charge is 0.121 e. The molecule has 0 amide bonds. The van der Waals surface area contributed by atoms with Crippen molar-refractivity contribution in [1.29, 1.82) is 0 Å². The molecule has 1 aliphatic rings. The van der Waals surface area contributed by atoms with Crippen LogP contribution < -0.4 is 15.8 Å². The number of benzene rings is 3. The van der Waals surface area contributed by atoms with Crippen LogP contribution in [0.25, 0.3) is 11.1 Å². The Morgan fingerprint density at radius 3 is 2.33 bits per heavy atom. The van der Waals surface area contributed by atoms with Gasteiger partial charge in [-0.25, -0.2) is 0 Å². The van der Waals surface area contributed by atoms with E-state index < -0.39 is 0 Å². The van der Waals surface area contributed by atoms with Crippen LogP contribution in [0.15, 0.2) is 72.8 Å². The van der Waals surface area contributed by atoms with Gasteiger partial charge in [-0.2, -0.15) is 0 Å². The van der Waals surface area contributed by atoms with Crippen molar-refractivity contribution < 1.29 is 4.74 Å². The largest absolute Gasteiger partial charge is 0.489 e. The molecule has 0 bridgehead atoms. The van der Waals surface area contributed by atoms with E-state index in [1.165, 1.54) is 34.4 Å². The Balaban J connectivity index is 0.000000806. The van der Waals surface area contributed by atoms with Crippen molar-refractivity contribution in [3.05, 3.63) is 83.9 Å². The number of anilines is 1. The van der Waals surface area contributed by atoms with Gasteiger partial charge in [-0.05, 0) is 53.6 Å². The van der Waals surface area contributed by atoms with Crippen LogP contribution in [0.5, 0.6) is 5.75 Å². The van der Waals surface area contributed by atoms with Crippen LogP contribution in [-0.4, -0.2) is 13.1 Å². The summed E-state index contributed by atoms with van der Waals surface area (Å²) in [6, 6.07) is 25.4. The average molecular weight is 403 g/mol. The fraction of sp³-hybridized carbons (Fsp3) is 0.333. The molecule has 0 saturated carbocycles. The summed E-state index contributed by atoms with van der Waals surface area (Å²) in [5.41, 5.74) is 11.9. The topological polar surface area (TPSA) is 47.3 Å². The Morgan fingerprint density at radius 1 is 0.933 bits per heavy atom. The lowest BCUT2D eigenvalue weighted by atomic mass is 9.91. The molecule has 0 spiro atoms. The molecule has 3 heteroatoms. The molecule has 0 aliphatic carbocycles. The van der Waals surface area contributed by atoms with Crippen LogP contribution in [0.1, 0.15) is 37.8 Å². The highest BCUT2D eigenvalue weighted by Crippen LogP contribution is 2.30. The molecule has 0 radical (unpaired) electrons. The van der Waals surface area contributed by atoms with Gasteiger partial charge in [-0.15, -0.1) is 0 Å². The standard InChI is InChI=1S/C24H26N2O.C3H8/c25-13-12-19-14-22-10-11-23(15-24(22)26-16-19)27-17-18-6-8-21(9-7-18)20-4-2-1-3-5-20;1-3-2/h1-11,15,19,26H,12-14,16-17,25H2;3H2,1-2H3. The summed E-state index contributed by atoms with van der Waals surface area (Å²) in [4.78, 5) is 0. The van der Waals surface area contributed by atoms with Crippen LogP contribution in [-0.2, 0) is 13.0 Å². The maximum absolute atomic E-state index is 6.02. The van der Waals surface area contributed by atoms with Gasteiger partial charge in [0.25, 0.3) is 0 Å². The van der Waals surface area contributed by atoms with Crippen LogP contribution >= 0.6 is 0 Å². The minimum Gasteiger partial charge on any atom is -0.489 e. The fourth-order valence-corrected chi connectivity index (χ4v) is 3.66. The van der Waals surface area contributed by atoms with Crippen LogP contribution in [0.3, 0.4) is 0 Å². The lowest BCUT2D eigenvalue weighted by Gasteiger charge is -2.26. The molecule has 1 unspecified atom stereocenters. The van der Waals surface area contributed by atoms with E-state index in [9.17, 15) is 0 Å². The average Bonchev–Trinajstić information content (AvgIpc) is 2.79. The number of ether oxygens (including phenoxy) is 1. The number of hydrogen-bond acceptors (Lipinski definition) is 3. The summed E-state index contributed by atoms with van der Waals surface area (Å²) in [7, 11) is 0. The van der Waals surface area contributed by atoms with Crippen molar-refractivity contribution in [3.8, 4) is 16.9 Å². The zero-order valence-electron chi connectivity index (χ0n) is 18.2. The molecule has 158 valence electrons. The lowest BCUT2D eigenvalue weighted by molar-refractivity contribution is 0.306. The Bertz CT molecular complexity index is 890. The van der Waals surface area contributed by atoms with Crippen LogP contribution in [0.4, 0.5) is 5.69 Å². The molecule has 1 atom stereocenters. The van der Waals surface area contributed by atoms with Gasteiger partial charge in [0.05, 0.1) is 0 Å². The van der Waals surface area contributed by atoms with Crippen molar-refractivity contribution >= 4 is 5.69 Å². The van der Waals surface area contributed by atoms with Crippen molar-refractivity contribution in [3.63, 3.8) is 0 Å². The van der Waals surface area contributed by atoms with Crippen LogP contribution in [0, 0.1) is 5.92 Å². The quantitative estimate of drug-likeness (QED) is 0.510. The molecule has 3 aromatic carbocycles. The SMILES string of the molecule is CCC.NCCC1CNc2cc(OCc3ccc(-c4ccccc4)cc3)ccc2C1. The molecule has 1 aliphatic heterocycles. The third-order valence-corrected chi connectivity index (χ3v) is 5.21. The molecule has 1 heterocycles. The summed E-state index contributed by atoms with van der Waals surface area (Å²) in [5.74, 6) is 1.54. The van der Waals surface area contributed by atoms with Crippen molar-refractivity contribution in [1.82, 2.24) is 0 Å². The molecule has 0 aromatic heterocycles. The Morgan fingerprint density at radius 2 is 1.63 bits per heavy atom. The summed E-state index contributed by atoms with van der Waals surface area (Å²) in [6.45, 7) is 6.57. The zero-order chi connectivity index (χ0) is 21.2. The molecule has 3 aromatic rings. The van der Waals surface area contributed by atoms with E-state index in [0.717, 1.165) is 31.7 Å². The second-order valence-electron chi connectivity index (χ2n) is 7.91. The van der Waals surface area contributed by atoms with Gasteiger partial charge in [0.1, 0.15) is 12.4 Å². The summed E-state index contributed by atoms with van der Waals surface area (Å²) in [6.07, 6.45) is 3.42. The van der Waals surface area contributed by atoms with Gasteiger partial charge >= 0.3 is 0 Å². The number of fused-ring (bicyclic) bond motifs is 1. The highest BCUT2D eigenvalue weighted by Gasteiger charge is 2.17. The first-order valence-corrected chi connectivity index (χ1v) is 11.1. The second-order valence-corrected chi connectivity index (χ2v) is 7.91. The van der Waals surface area contributed by atoms with E-state index in [-0.39, 0.29) is 0 Å². The van der Waals surface area contributed by atoms with E-state index in [1.807, 2.05) is 6.07 Å². The first-order valence-electron chi connectivity index (χ1n) is 11.1. The van der Waals surface area contributed by atoms with Gasteiger partial charge in [0, 0.05) is 18.3 Å². The normalized spacial score (nSPS) is 14.7. The lowest BCUT2D eigenvalue weighted by Crippen LogP contribution is -2.25. The highest BCUT2D eigenvalue weighted by atomic mass is 16.5. The minimum absolute atomic E-state index is 0.573. The highest BCUT2D eigenvalue weighted by molar-refractivity contribution is 5.63. The van der Waals surface area contributed by atoms with Crippen molar-refractivity contribution in [2.24, 2.45) is 11.7 Å². The van der Waals surface area contributed by atoms with E-state index in [0.29, 0.717) is 12.5 Å². The van der Waals surface area contributed by atoms with Gasteiger partial charge < -0.3 is 15.8 Å². The molecule has 0 saturated heterocycles. The number of nitrogens with one attached hydrogen (secondary N) is 1. The maximum Gasteiger partial charge on any atom is 0.121 e. The third-order valence-electron chi connectivity index (χ3n) is 5.21. The Kier molecular flexibility index (Phi) is 8.34. The van der Waals surface area contributed by atoms with E-state index in [2.05, 4.69) is 85.9 Å². The third kappa shape index (κ3) is 6.11.